The molecule has 1 aliphatic carbocycles. The van der Waals surface area contributed by atoms with Crippen LogP contribution < -0.4 is 5.32 Å². The first-order chi connectivity index (χ1) is 7.35. The summed E-state index contributed by atoms with van der Waals surface area (Å²) in [6.07, 6.45) is 6.58. The Morgan fingerprint density at radius 1 is 1.07 bits per heavy atom. The first-order valence-electron chi connectivity index (χ1n) is 5.64. The number of aldehydes is 1. The van der Waals surface area contributed by atoms with E-state index in [4.69, 9.17) is 0 Å². The van der Waals surface area contributed by atoms with Gasteiger partial charge in [-0.25, -0.2) is 0 Å². The number of carbonyl (C=O) groups excluding carboxylic acids is 1. The Labute approximate surface area is 90.7 Å². The first kappa shape index (κ1) is 10.2. The van der Waals surface area contributed by atoms with Crippen molar-refractivity contribution in [1.29, 1.82) is 0 Å². The second-order valence-electron chi connectivity index (χ2n) is 4.33. The molecule has 2 rings (SSSR count). The lowest BCUT2D eigenvalue weighted by Crippen LogP contribution is -2.41. The molecule has 0 heterocycles. The molecule has 1 saturated carbocycles. The Kier molecular flexibility index (Phi) is 3.05. The minimum atomic E-state index is -0.306. The molecule has 0 aromatic heterocycles. The summed E-state index contributed by atoms with van der Waals surface area (Å²) < 4.78 is 0. The highest BCUT2D eigenvalue weighted by molar-refractivity contribution is 5.70. The topological polar surface area (TPSA) is 29.1 Å². The molecule has 1 aromatic carbocycles. The highest BCUT2D eigenvalue weighted by Crippen LogP contribution is 2.29. The number of benzene rings is 1. The van der Waals surface area contributed by atoms with Crippen LogP contribution in [0.2, 0.25) is 0 Å². The third-order valence-electron chi connectivity index (χ3n) is 3.14. The summed E-state index contributed by atoms with van der Waals surface area (Å²) in [5.74, 6) is 0. The fraction of sp³-hybridized carbons (Fsp3) is 0.462. The van der Waals surface area contributed by atoms with Crippen LogP contribution in [0.4, 0.5) is 5.69 Å². The summed E-state index contributed by atoms with van der Waals surface area (Å²) in [5, 5.41) is 3.38. The second kappa shape index (κ2) is 4.47. The van der Waals surface area contributed by atoms with Crippen molar-refractivity contribution in [2.45, 2.75) is 37.6 Å². The molecule has 0 saturated heterocycles. The van der Waals surface area contributed by atoms with Gasteiger partial charge in [0.2, 0.25) is 0 Å². The van der Waals surface area contributed by atoms with Crippen LogP contribution in [0.3, 0.4) is 0 Å². The monoisotopic (exact) mass is 203 g/mol. The van der Waals surface area contributed by atoms with Crippen LogP contribution in [0, 0.1) is 0 Å². The molecular formula is C13H17NO. The maximum absolute atomic E-state index is 11.2. The van der Waals surface area contributed by atoms with Crippen LogP contribution >= 0.6 is 0 Å². The fourth-order valence-electron chi connectivity index (χ4n) is 2.26. The van der Waals surface area contributed by atoms with Gasteiger partial charge < -0.3 is 10.1 Å². The Morgan fingerprint density at radius 3 is 2.33 bits per heavy atom. The largest absolute Gasteiger partial charge is 0.373 e. The number of para-hydroxylation sites is 1. The summed E-state index contributed by atoms with van der Waals surface area (Å²) in [4.78, 5) is 11.2. The van der Waals surface area contributed by atoms with Gasteiger partial charge in [0.1, 0.15) is 6.29 Å². The maximum atomic E-state index is 11.2. The number of hydrogen-bond acceptors (Lipinski definition) is 2. The minimum absolute atomic E-state index is 0.306. The smallest absolute Gasteiger partial charge is 0.145 e. The SMILES string of the molecule is O=CC1(Nc2ccccc2)CCCCC1. The second-order valence-corrected chi connectivity index (χ2v) is 4.33. The van der Waals surface area contributed by atoms with Crippen molar-refractivity contribution in [2.24, 2.45) is 0 Å². The molecule has 0 atom stereocenters. The Morgan fingerprint density at radius 2 is 1.73 bits per heavy atom. The molecule has 0 amide bonds. The molecule has 0 unspecified atom stereocenters. The van der Waals surface area contributed by atoms with Gasteiger partial charge in [-0.15, -0.1) is 0 Å². The minimum Gasteiger partial charge on any atom is -0.373 e. The van der Waals surface area contributed by atoms with Crippen molar-refractivity contribution in [3.63, 3.8) is 0 Å². The zero-order valence-electron chi connectivity index (χ0n) is 8.91. The van der Waals surface area contributed by atoms with Crippen LogP contribution in [0.1, 0.15) is 32.1 Å². The Hall–Kier alpha value is -1.31. The van der Waals surface area contributed by atoms with Crippen LogP contribution in [0.5, 0.6) is 0 Å². The summed E-state index contributed by atoms with van der Waals surface area (Å²) in [6.45, 7) is 0. The van der Waals surface area contributed by atoms with E-state index in [2.05, 4.69) is 5.32 Å². The average Bonchev–Trinajstić information content (AvgIpc) is 2.32. The zero-order valence-corrected chi connectivity index (χ0v) is 8.91. The lowest BCUT2D eigenvalue weighted by molar-refractivity contribution is -0.112. The molecule has 1 fully saturated rings. The van der Waals surface area contributed by atoms with Crippen molar-refractivity contribution in [3.8, 4) is 0 Å². The number of hydrogen-bond donors (Lipinski definition) is 1. The third kappa shape index (κ3) is 2.38. The summed E-state index contributed by atoms with van der Waals surface area (Å²) in [6, 6.07) is 9.99. The lowest BCUT2D eigenvalue weighted by Gasteiger charge is -2.33. The van der Waals surface area contributed by atoms with Gasteiger partial charge >= 0.3 is 0 Å². The summed E-state index contributed by atoms with van der Waals surface area (Å²) >= 11 is 0. The molecule has 2 nitrogen and oxygen atoms in total. The Balaban J connectivity index is 2.10. The number of carbonyl (C=O) groups is 1. The lowest BCUT2D eigenvalue weighted by atomic mass is 9.82. The van der Waals surface area contributed by atoms with Crippen LogP contribution in [-0.2, 0) is 4.79 Å². The van der Waals surface area contributed by atoms with Gasteiger partial charge in [0.05, 0.1) is 5.54 Å². The van der Waals surface area contributed by atoms with Gasteiger partial charge in [-0.2, -0.15) is 0 Å². The molecule has 15 heavy (non-hydrogen) atoms. The van der Waals surface area contributed by atoms with Crippen molar-refractivity contribution >= 4 is 12.0 Å². The predicted molar refractivity (Wildman–Crippen MR) is 61.9 cm³/mol. The van der Waals surface area contributed by atoms with E-state index in [1.807, 2.05) is 30.3 Å². The van der Waals surface area contributed by atoms with E-state index >= 15 is 0 Å². The average molecular weight is 203 g/mol. The van der Waals surface area contributed by atoms with E-state index in [1.54, 1.807) is 0 Å². The van der Waals surface area contributed by atoms with Crippen LogP contribution in [0.25, 0.3) is 0 Å². The van der Waals surface area contributed by atoms with Crippen LogP contribution in [-0.4, -0.2) is 11.8 Å². The van der Waals surface area contributed by atoms with E-state index < -0.39 is 0 Å². The van der Waals surface area contributed by atoms with E-state index in [9.17, 15) is 4.79 Å². The van der Waals surface area contributed by atoms with Crippen molar-refractivity contribution in [3.05, 3.63) is 30.3 Å². The van der Waals surface area contributed by atoms with Gasteiger partial charge in [-0.05, 0) is 25.0 Å². The molecule has 1 aliphatic rings. The molecule has 80 valence electrons. The van der Waals surface area contributed by atoms with Gasteiger partial charge in [0.15, 0.2) is 0 Å². The van der Waals surface area contributed by atoms with Gasteiger partial charge in [0.25, 0.3) is 0 Å². The highest BCUT2D eigenvalue weighted by Gasteiger charge is 2.31. The van der Waals surface area contributed by atoms with E-state index in [0.29, 0.717) is 0 Å². The van der Waals surface area contributed by atoms with Gasteiger partial charge in [0, 0.05) is 5.69 Å². The normalized spacial score (nSPS) is 19.5. The molecule has 0 spiro atoms. The van der Waals surface area contributed by atoms with E-state index in [1.165, 1.54) is 6.42 Å². The molecule has 0 aliphatic heterocycles. The Bertz CT molecular complexity index is 315. The van der Waals surface area contributed by atoms with Gasteiger partial charge in [-0.3, -0.25) is 0 Å². The fourth-order valence-corrected chi connectivity index (χ4v) is 2.26. The molecular weight excluding hydrogens is 186 g/mol. The predicted octanol–water partition coefficient (Wildman–Crippen LogP) is 3.00. The van der Waals surface area contributed by atoms with Crippen molar-refractivity contribution < 1.29 is 4.79 Å². The number of anilines is 1. The first-order valence-corrected chi connectivity index (χ1v) is 5.64. The quantitative estimate of drug-likeness (QED) is 0.765. The van der Waals surface area contributed by atoms with Crippen molar-refractivity contribution in [1.82, 2.24) is 0 Å². The third-order valence-corrected chi connectivity index (χ3v) is 3.14. The maximum Gasteiger partial charge on any atom is 0.145 e. The number of nitrogens with one attached hydrogen (secondary N) is 1. The van der Waals surface area contributed by atoms with Gasteiger partial charge in [-0.1, -0.05) is 37.5 Å². The molecule has 0 bridgehead atoms. The summed E-state index contributed by atoms with van der Waals surface area (Å²) in [7, 11) is 0. The highest BCUT2D eigenvalue weighted by atomic mass is 16.1. The van der Waals surface area contributed by atoms with E-state index in [0.717, 1.165) is 37.7 Å². The molecule has 0 radical (unpaired) electrons. The molecule has 1 N–H and O–H groups in total. The van der Waals surface area contributed by atoms with Crippen molar-refractivity contribution in [2.75, 3.05) is 5.32 Å². The molecule has 1 aromatic rings. The van der Waals surface area contributed by atoms with E-state index in [-0.39, 0.29) is 5.54 Å². The zero-order chi connectivity index (χ0) is 10.6. The number of rotatable bonds is 3. The summed E-state index contributed by atoms with van der Waals surface area (Å²) in [5.41, 5.74) is 0.742. The standard InChI is InChI=1S/C13H17NO/c15-11-13(9-5-2-6-10-13)14-12-7-3-1-4-8-12/h1,3-4,7-8,11,14H,2,5-6,9-10H2. The molecule has 2 heteroatoms. The van der Waals surface area contributed by atoms with Crippen LogP contribution in [0.15, 0.2) is 30.3 Å².